The molecule has 0 radical (unpaired) electrons. The molecule has 0 fully saturated rings. The van der Waals surface area contributed by atoms with Crippen LogP contribution < -0.4 is 9.47 Å². The van der Waals surface area contributed by atoms with Gasteiger partial charge in [-0.05, 0) is 60.0 Å². The summed E-state index contributed by atoms with van der Waals surface area (Å²) < 4.78 is 11.9. The number of aromatic nitrogens is 1. The summed E-state index contributed by atoms with van der Waals surface area (Å²) in [5.41, 5.74) is 5.29. The molecule has 2 heterocycles. The van der Waals surface area contributed by atoms with Gasteiger partial charge in [-0.2, -0.15) is 0 Å². The molecular weight excluding hydrogens is 398 g/mol. The molecule has 0 aliphatic carbocycles. The molecule has 1 N–H and O–H groups in total. The maximum atomic E-state index is 11.1. The summed E-state index contributed by atoms with van der Waals surface area (Å²) in [6, 6.07) is 21.1. The summed E-state index contributed by atoms with van der Waals surface area (Å²) in [5.74, 6) is 1.32. The molecule has 1 unspecified atom stereocenters. The van der Waals surface area contributed by atoms with E-state index in [0.717, 1.165) is 33.3 Å². The van der Waals surface area contributed by atoms with E-state index in [-0.39, 0.29) is 0 Å². The Hall–Kier alpha value is -3.08. The van der Waals surface area contributed by atoms with Gasteiger partial charge in [0.25, 0.3) is 0 Å². The van der Waals surface area contributed by atoms with E-state index < -0.39 is 6.10 Å². The summed E-state index contributed by atoms with van der Waals surface area (Å²) in [4.78, 5) is 4.63. The number of aliphatic hydroxyl groups is 1. The van der Waals surface area contributed by atoms with Gasteiger partial charge in [-0.3, -0.25) is 0 Å². The summed E-state index contributed by atoms with van der Waals surface area (Å²) >= 11 is 6.08. The number of aliphatic hydroxyl groups excluding tert-OH is 1. The maximum Gasteiger partial charge on any atom is 0.130 e. The first-order valence-electron chi connectivity index (χ1n) is 9.80. The van der Waals surface area contributed by atoms with Gasteiger partial charge in [0.15, 0.2) is 0 Å². The van der Waals surface area contributed by atoms with Gasteiger partial charge >= 0.3 is 0 Å². The van der Waals surface area contributed by atoms with Crippen molar-refractivity contribution >= 4 is 22.5 Å². The van der Waals surface area contributed by atoms with E-state index in [1.807, 2.05) is 73.7 Å². The number of pyridine rings is 1. The average Bonchev–Trinajstić information content (AvgIpc) is 2.89. The second-order valence-electron chi connectivity index (χ2n) is 7.47. The summed E-state index contributed by atoms with van der Waals surface area (Å²) in [6.45, 7) is 2.75. The number of halogens is 1. The van der Waals surface area contributed by atoms with Crippen LogP contribution >= 0.6 is 11.6 Å². The van der Waals surface area contributed by atoms with Crippen LogP contribution in [0.2, 0.25) is 5.02 Å². The minimum Gasteiger partial charge on any atom is -0.488 e. The van der Waals surface area contributed by atoms with Crippen LogP contribution in [0.3, 0.4) is 0 Å². The Morgan fingerprint density at radius 2 is 1.97 bits per heavy atom. The van der Waals surface area contributed by atoms with Crippen molar-refractivity contribution in [3.05, 3.63) is 99.7 Å². The molecular formula is C25H20ClNO3. The quantitative estimate of drug-likeness (QED) is 0.461. The summed E-state index contributed by atoms with van der Waals surface area (Å²) in [5, 5.41) is 12.8. The molecule has 1 aromatic heterocycles. The molecule has 0 spiro atoms. The zero-order chi connectivity index (χ0) is 20.7. The van der Waals surface area contributed by atoms with Gasteiger partial charge in [-0.1, -0.05) is 41.9 Å². The van der Waals surface area contributed by atoms with Crippen LogP contribution in [0.25, 0.3) is 10.9 Å². The van der Waals surface area contributed by atoms with Crippen LogP contribution in [0.1, 0.15) is 34.1 Å². The monoisotopic (exact) mass is 417 g/mol. The molecule has 4 nitrogen and oxygen atoms in total. The maximum absolute atomic E-state index is 11.1. The Balaban J connectivity index is 1.41. The molecule has 1 aliphatic rings. The van der Waals surface area contributed by atoms with E-state index >= 15 is 0 Å². The fourth-order valence-electron chi connectivity index (χ4n) is 3.90. The van der Waals surface area contributed by atoms with Crippen molar-refractivity contribution in [2.45, 2.75) is 26.2 Å². The van der Waals surface area contributed by atoms with Gasteiger partial charge in [0.05, 0.1) is 11.2 Å². The van der Waals surface area contributed by atoms with E-state index in [9.17, 15) is 5.11 Å². The van der Waals surface area contributed by atoms with Gasteiger partial charge in [-0.25, -0.2) is 4.98 Å². The zero-order valence-corrected chi connectivity index (χ0v) is 17.2. The van der Waals surface area contributed by atoms with Gasteiger partial charge in [-0.15, -0.1) is 0 Å². The van der Waals surface area contributed by atoms with Crippen molar-refractivity contribution in [3.8, 4) is 11.5 Å². The Labute approximate surface area is 179 Å². The molecule has 0 amide bonds. The lowest BCUT2D eigenvalue weighted by atomic mass is 9.93. The lowest BCUT2D eigenvalue weighted by Crippen LogP contribution is -2.04. The fourth-order valence-corrected chi connectivity index (χ4v) is 4.07. The van der Waals surface area contributed by atoms with Crippen molar-refractivity contribution in [1.29, 1.82) is 0 Å². The number of fused-ring (bicyclic) bond motifs is 3. The highest BCUT2D eigenvalue weighted by Crippen LogP contribution is 2.39. The van der Waals surface area contributed by atoms with Crippen molar-refractivity contribution in [2.75, 3.05) is 0 Å². The van der Waals surface area contributed by atoms with Crippen LogP contribution in [0.5, 0.6) is 11.5 Å². The Bertz CT molecular complexity index is 1250. The molecule has 1 atom stereocenters. The highest BCUT2D eigenvalue weighted by Gasteiger charge is 2.24. The minimum absolute atomic E-state index is 0.313. The second kappa shape index (κ2) is 7.63. The lowest BCUT2D eigenvalue weighted by Gasteiger charge is -2.16. The Morgan fingerprint density at radius 1 is 1.10 bits per heavy atom. The third kappa shape index (κ3) is 3.49. The van der Waals surface area contributed by atoms with E-state index in [1.54, 1.807) is 0 Å². The predicted molar refractivity (Wildman–Crippen MR) is 117 cm³/mol. The van der Waals surface area contributed by atoms with Crippen molar-refractivity contribution in [3.63, 3.8) is 0 Å². The van der Waals surface area contributed by atoms with Gasteiger partial charge < -0.3 is 14.6 Å². The number of nitrogens with zero attached hydrogens (tertiary/aromatic N) is 1. The average molecular weight is 418 g/mol. The number of benzene rings is 3. The van der Waals surface area contributed by atoms with Crippen LogP contribution in [0.15, 0.2) is 66.7 Å². The Morgan fingerprint density at radius 3 is 2.87 bits per heavy atom. The molecule has 30 heavy (non-hydrogen) atoms. The van der Waals surface area contributed by atoms with E-state index in [2.05, 4.69) is 4.98 Å². The van der Waals surface area contributed by atoms with Gasteiger partial charge in [0.1, 0.15) is 30.8 Å². The molecule has 0 bridgehead atoms. The van der Waals surface area contributed by atoms with Crippen LogP contribution in [-0.4, -0.2) is 10.1 Å². The smallest absolute Gasteiger partial charge is 0.130 e. The highest BCUT2D eigenvalue weighted by atomic mass is 35.5. The largest absolute Gasteiger partial charge is 0.488 e. The van der Waals surface area contributed by atoms with E-state index in [4.69, 9.17) is 21.1 Å². The summed E-state index contributed by atoms with van der Waals surface area (Å²) in [6.07, 6.45) is -0.761. The fraction of sp³-hybridized carbons (Fsp3) is 0.160. The van der Waals surface area contributed by atoms with Crippen molar-refractivity contribution in [2.24, 2.45) is 0 Å². The number of hydrogen-bond donors (Lipinski definition) is 1. The van der Waals surface area contributed by atoms with Gasteiger partial charge in [0.2, 0.25) is 0 Å². The molecule has 0 saturated carbocycles. The third-order valence-corrected chi connectivity index (χ3v) is 5.68. The Kier molecular flexibility index (Phi) is 4.81. The van der Waals surface area contributed by atoms with Crippen LogP contribution in [0.4, 0.5) is 0 Å². The first-order valence-corrected chi connectivity index (χ1v) is 10.2. The first-order chi connectivity index (χ1) is 14.6. The summed E-state index contributed by atoms with van der Waals surface area (Å²) in [7, 11) is 0. The minimum atomic E-state index is -0.761. The normalized spacial score (nSPS) is 15.1. The van der Waals surface area contributed by atoms with E-state index in [0.29, 0.717) is 35.3 Å². The van der Waals surface area contributed by atoms with Crippen molar-refractivity contribution in [1.82, 2.24) is 4.98 Å². The van der Waals surface area contributed by atoms with Crippen LogP contribution in [0, 0.1) is 6.92 Å². The zero-order valence-electron chi connectivity index (χ0n) is 16.4. The SMILES string of the molecule is Cc1cccc2c1C(O)c1cc(OCc3ccc4ccc(Cl)cc4n3)ccc1OC2. The molecule has 0 saturated heterocycles. The number of aryl methyl sites for hydroxylation is 1. The lowest BCUT2D eigenvalue weighted by molar-refractivity contribution is 0.216. The second-order valence-corrected chi connectivity index (χ2v) is 7.90. The molecule has 150 valence electrons. The third-order valence-electron chi connectivity index (χ3n) is 5.45. The first kappa shape index (κ1) is 18.9. The number of rotatable bonds is 3. The topological polar surface area (TPSA) is 51.6 Å². The van der Waals surface area contributed by atoms with Gasteiger partial charge in [0, 0.05) is 16.0 Å². The molecule has 3 aromatic carbocycles. The molecule has 5 heteroatoms. The standard InChI is InChI=1S/C25H20ClNO3/c1-15-3-2-4-17-13-30-23-10-9-20(12-21(23)25(28)24(15)17)29-14-19-8-6-16-5-7-18(26)11-22(16)27-19/h2-12,25,28H,13-14H2,1H3. The molecule has 5 rings (SSSR count). The number of hydrogen-bond acceptors (Lipinski definition) is 4. The predicted octanol–water partition coefficient (Wildman–Crippen LogP) is 5.75. The van der Waals surface area contributed by atoms with Crippen LogP contribution in [-0.2, 0) is 13.2 Å². The molecule has 4 aromatic rings. The highest BCUT2D eigenvalue weighted by molar-refractivity contribution is 6.31. The molecule has 1 aliphatic heterocycles. The van der Waals surface area contributed by atoms with E-state index in [1.165, 1.54) is 0 Å². The van der Waals surface area contributed by atoms with Crippen molar-refractivity contribution < 1.29 is 14.6 Å². The number of ether oxygens (including phenoxy) is 2.